The summed E-state index contributed by atoms with van der Waals surface area (Å²) in [6.07, 6.45) is 0. The molecule has 0 atom stereocenters. The summed E-state index contributed by atoms with van der Waals surface area (Å²) in [7, 11) is 8.92. The maximum atomic E-state index is 12.5. The number of nitrogens with one attached hydrogen (secondary N) is 2. The van der Waals surface area contributed by atoms with Crippen molar-refractivity contribution in [3.05, 3.63) is 35.4 Å². The molecule has 10 heteroatoms. The normalized spacial score (nSPS) is 10.1. The van der Waals surface area contributed by atoms with Gasteiger partial charge in [-0.25, -0.2) is 0 Å². The van der Waals surface area contributed by atoms with Gasteiger partial charge in [0.05, 0.1) is 49.2 Å². The molecule has 2 aromatic rings. The number of benzene rings is 2. The summed E-state index contributed by atoms with van der Waals surface area (Å²) in [5, 5.41) is 5.30. The third-order valence-electron chi connectivity index (χ3n) is 4.55. The highest BCUT2D eigenvalue weighted by molar-refractivity contribution is 5.97. The monoisotopic (exact) mass is 448 g/mol. The second-order valence-corrected chi connectivity index (χ2v) is 6.41. The van der Waals surface area contributed by atoms with Gasteiger partial charge in [0.2, 0.25) is 17.4 Å². The van der Waals surface area contributed by atoms with Gasteiger partial charge in [0.15, 0.2) is 23.0 Å². The summed E-state index contributed by atoms with van der Waals surface area (Å²) in [5.41, 5.74) is 1.00. The molecule has 32 heavy (non-hydrogen) atoms. The lowest BCUT2D eigenvalue weighted by atomic mass is 10.1. The molecule has 2 amide bonds. The highest BCUT2D eigenvalue weighted by atomic mass is 16.5. The minimum absolute atomic E-state index is 0.204. The molecular formula is C22H28N2O8. The lowest BCUT2D eigenvalue weighted by Gasteiger charge is -2.15. The van der Waals surface area contributed by atoms with Gasteiger partial charge in [0.25, 0.3) is 5.91 Å². The van der Waals surface area contributed by atoms with Crippen LogP contribution in [0.5, 0.6) is 34.5 Å². The molecule has 2 N–H and O–H groups in total. The van der Waals surface area contributed by atoms with Crippen molar-refractivity contribution in [1.82, 2.24) is 10.6 Å². The first-order valence-electron chi connectivity index (χ1n) is 9.56. The largest absolute Gasteiger partial charge is 0.493 e. The third kappa shape index (κ3) is 5.65. The molecule has 0 aliphatic heterocycles. The van der Waals surface area contributed by atoms with E-state index in [9.17, 15) is 9.59 Å². The van der Waals surface area contributed by atoms with Crippen LogP contribution in [0, 0.1) is 0 Å². The smallest absolute Gasteiger partial charge is 0.251 e. The van der Waals surface area contributed by atoms with Crippen LogP contribution >= 0.6 is 0 Å². The summed E-state index contributed by atoms with van der Waals surface area (Å²) < 4.78 is 31.6. The molecule has 10 nitrogen and oxygen atoms in total. The van der Waals surface area contributed by atoms with Crippen LogP contribution in [0.3, 0.4) is 0 Å². The van der Waals surface area contributed by atoms with Gasteiger partial charge in [-0.2, -0.15) is 0 Å². The fourth-order valence-electron chi connectivity index (χ4n) is 2.98. The van der Waals surface area contributed by atoms with Gasteiger partial charge in [0, 0.05) is 12.1 Å². The second-order valence-electron chi connectivity index (χ2n) is 6.41. The Hall–Kier alpha value is -3.82. The van der Waals surface area contributed by atoms with Crippen molar-refractivity contribution in [3.8, 4) is 34.5 Å². The zero-order chi connectivity index (χ0) is 23.7. The molecule has 0 bridgehead atoms. The predicted molar refractivity (Wildman–Crippen MR) is 116 cm³/mol. The van der Waals surface area contributed by atoms with E-state index in [1.165, 1.54) is 54.8 Å². The summed E-state index contributed by atoms with van der Waals surface area (Å²) >= 11 is 0. The van der Waals surface area contributed by atoms with Gasteiger partial charge in [-0.3, -0.25) is 9.59 Å². The van der Waals surface area contributed by atoms with Gasteiger partial charge < -0.3 is 39.1 Å². The van der Waals surface area contributed by atoms with Crippen LogP contribution in [0.25, 0.3) is 0 Å². The molecule has 0 saturated carbocycles. The zero-order valence-electron chi connectivity index (χ0n) is 19.0. The van der Waals surface area contributed by atoms with Gasteiger partial charge in [-0.1, -0.05) is 0 Å². The van der Waals surface area contributed by atoms with Crippen molar-refractivity contribution in [2.45, 2.75) is 6.54 Å². The van der Waals surface area contributed by atoms with Crippen molar-refractivity contribution in [1.29, 1.82) is 0 Å². The topological polar surface area (TPSA) is 114 Å². The summed E-state index contributed by atoms with van der Waals surface area (Å²) in [6.45, 7) is -0.0183. The number of carbonyl (C=O) groups excluding carboxylic acids is 2. The highest BCUT2D eigenvalue weighted by Gasteiger charge is 2.18. The summed E-state index contributed by atoms with van der Waals surface area (Å²) in [5.74, 6) is 1.62. The van der Waals surface area contributed by atoms with Crippen LogP contribution in [0.15, 0.2) is 24.3 Å². The number of hydrogen-bond donors (Lipinski definition) is 2. The Morgan fingerprint density at radius 3 is 1.50 bits per heavy atom. The first-order valence-corrected chi connectivity index (χ1v) is 9.56. The van der Waals surface area contributed by atoms with Crippen molar-refractivity contribution in [3.63, 3.8) is 0 Å². The maximum Gasteiger partial charge on any atom is 0.251 e. The van der Waals surface area contributed by atoms with E-state index in [4.69, 9.17) is 28.4 Å². The molecule has 0 aromatic heterocycles. The number of carbonyl (C=O) groups is 2. The lowest BCUT2D eigenvalue weighted by molar-refractivity contribution is -0.120. The Kier molecular flexibility index (Phi) is 8.82. The first-order chi connectivity index (χ1) is 15.4. The van der Waals surface area contributed by atoms with E-state index in [1.807, 2.05) is 0 Å². The molecule has 0 heterocycles. The van der Waals surface area contributed by atoms with Crippen LogP contribution < -0.4 is 39.1 Å². The maximum absolute atomic E-state index is 12.5. The standard InChI is InChI=1S/C22H28N2O8/c1-27-15-7-13(8-16(28-2)20(15)31-5)11-23-19(25)12-24-22(26)14-9-17(29-3)21(32-6)18(10-14)30-4/h7-10H,11-12H2,1-6H3,(H,23,25)(H,24,26). The molecule has 2 rings (SSSR count). The molecule has 0 spiro atoms. The van der Waals surface area contributed by atoms with Crippen LogP contribution in [0.4, 0.5) is 0 Å². The average Bonchev–Trinajstić information content (AvgIpc) is 2.83. The van der Waals surface area contributed by atoms with Gasteiger partial charge in [-0.05, 0) is 29.8 Å². The highest BCUT2D eigenvalue weighted by Crippen LogP contribution is 2.39. The Balaban J connectivity index is 2.01. The Morgan fingerprint density at radius 2 is 1.09 bits per heavy atom. The Morgan fingerprint density at radius 1 is 0.656 bits per heavy atom. The Bertz CT molecular complexity index is 911. The van der Waals surface area contributed by atoms with E-state index in [0.29, 0.717) is 34.5 Å². The van der Waals surface area contributed by atoms with Crippen molar-refractivity contribution < 1.29 is 38.0 Å². The SMILES string of the molecule is COc1cc(CNC(=O)CNC(=O)c2cc(OC)c(OC)c(OC)c2)cc(OC)c1OC. The Labute approximate surface area is 186 Å². The third-order valence-corrected chi connectivity index (χ3v) is 4.55. The number of ether oxygens (including phenoxy) is 6. The van der Waals surface area contributed by atoms with E-state index in [-0.39, 0.29) is 24.6 Å². The molecule has 2 aromatic carbocycles. The zero-order valence-corrected chi connectivity index (χ0v) is 19.0. The average molecular weight is 448 g/mol. The van der Waals surface area contributed by atoms with E-state index < -0.39 is 5.91 Å². The summed E-state index contributed by atoms with van der Waals surface area (Å²) in [4.78, 5) is 24.8. The minimum atomic E-state index is -0.466. The van der Waals surface area contributed by atoms with E-state index in [2.05, 4.69) is 10.6 Å². The molecule has 0 fully saturated rings. The van der Waals surface area contributed by atoms with E-state index in [1.54, 1.807) is 12.1 Å². The fourth-order valence-corrected chi connectivity index (χ4v) is 2.98. The molecular weight excluding hydrogens is 420 g/mol. The molecule has 0 saturated heterocycles. The molecule has 0 aliphatic rings. The molecule has 0 unspecified atom stereocenters. The molecule has 174 valence electrons. The number of amides is 2. The van der Waals surface area contributed by atoms with Crippen molar-refractivity contribution in [2.75, 3.05) is 49.2 Å². The predicted octanol–water partition coefficient (Wildman–Crippen LogP) is 1.78. The van der Waals surface area contributed by atoms with Crippen molar-refractivity contribution >= 4 is 11.8 Å². The quantitative estimate of drug-likeness (QED) is 0.535. The molecule has 0 aliphatic carbocycles. The number of hydrogen-bond acceptors (Lipinski definition) is 8. The minimum Gasteiger partial charge on any atom is -0.493 e. The molecule has 0 radical (unpaired) electrons. The van der Waals surface area contributed by atoms with Crippen molar-refractivity contribution in [2.24, 2.45) is 0 Å². The van der Waals surface area contributed by atoms with E-state index in [0.717, 1.165) is 5.56 Å². The van der Waals surface area contributed by atoms with Gasteiger partial charge >= 0.3 is 0 Å². The lowest BCUT2D eigenvalue weighted by Crippen LogP contribution is -2.36. The number of methoxy groups -OCH3 is 6. The van der Waals surface area contributed by atoms with Crippen LogP contribution in [-0.2, 0) is 11.3 Å². The van der Waals surface area contributed by atoms with Crippen LogP contribution in [0.1, 0.15) is 15.9 Å². The second kappa shape index (κ2) is 11.5. The van der Waals surface area contributed by atoms with Gasteiger partial charge in [-0.15, -0.1) is 0 Å². The van der Waals surface area contributed by atoms with Crippen LogP contribution in [0.2, 0.25) is 0 Å². The first kappa shape index (κ1) is 24.4. The number of rotatable bonds is 11. The van der Waals surface area contributed by atoms with Crippen LogP contribution in [-0.4, -0.2) is 61.0 Å². The van der Waals surface area contributed by atoms with Gasteiger partial charge in [0.1, 0.15) is 0 Å². The summed E-state index contributed by atoms with van der Waals surface area (Å²) in [6, 6.07) is 6.47. The fraction of sp³-hybridized carbons (Fsp3) is 0.364. The van der Waals surface area contributed by atoms with E-state index >= 15 is 0 Å².